The van der Waals surface area contributed by atoms with Gasteiger partial charge in [-0.1, -0.05) is 13.0 Å². The number of benzene rings is 1. The molecular weight excluding hydrogens is 276 g/mol. The highest BCUT2D eigenvalue weighted by molar-refractivity contribution is 7.89. The lowest BCUT2D eigenvalue weighted by molar-refractivity contribution is 0.153. The van der Waals surface area contributed by atoms with E-state index in [9.17, 15) is 8.42 Å². The Morgan fingerprint density at radius 2 is 2.00 bits per heavy atom. The average Bonchev–Trinajstić information content (AvgIpc) is 2.42. The zero-order valence-electron chi connectivity index (χ0n) is 12.4. The summed E-state index contributed by atoms with van der Waals surface area (Å²) < 4.78 is 32.0. The van der Waals surface area contributed by atoms with Gasteiger partial charge in [0.05, 0.1) is 11.5 Å². The molecule has 0 aromatic heterocycles. The fourth-order valence-corrected chi connectivity index (χ4v) is 2.80. The minimum Gasteiger partial charge on any atom is -0.380 e. The molecule has 1 aromatic rings. The van der Waals surface area contributed by atoms with Crippen LogP contribution >= 0.6 is 0 Å². The van der Waals surface area contributed by atoms with E-state index < -0.39 is 10.0 Å². The summed E-state index contributed by atoms with van der Waals surface area (Å²) in [6.07, 6.45) is 0. The molecule has 0 saturated heterocycles. The third kappa shape index (κ3) is 5.20. The van der Waals surface area contributed by atoms with Crippen LogP contribution in [0.5, 0.6) is 0 Å². The van der Waals surface area contributed by atoms with E-state index in [1.807, 2.05) is 26.8 Å². The number of rotatable bonds is 9. The van der Waals surface area contributed by atoms with Gasteiger partial charge in [0.15, 0.2) is 0 Å². The minimum absolute atomic E-state index is 0.284. The van der Waals surface area contributed by atoms with Crippen molar-refractivity contribution in [2.24, 2.45) is 0 Å². The summed E-state index contributed by atoms with van der Waals surface area (Å²) in [4.78, 5) is 0.299. The first kappa shape index (κ1) is 17.1. The van der Waals surface area contributed by atoms with Crippen molar-refractivity contribution >= 4 is 10.0 Å². The van der Waals surface area contributed by atoms with Gasteiger partial charge in [0.25, 0.3) is 0 Å². The molecule has 2 N–H and O–H groups in total. The lowest BCUT2D eigenvalue weighted by Crippen LogP contribution is -2.27. The second-order valence-corrected chi connectivity index (χ2v) is 6.23. The van der Waals surface area contributed by atoms with Gasteiger partial charge in [0.1, 0.15) is 0 Å². The van der Waals surface area contributed by atoms with Crippen LogP contribution in [0.4, 0.5) is 0 Å². The summed E-state index contributed by atoms with van der Waals surface area (Å²) in [5.74, 6) is 0. The molecular formula is C14H24N2O3S. The average molecular weight is 300 g/mol. The van der Waals surface area contributed by atoms with E-state index in [2.05, 4.69) is 10.0 Å². The molecule has 0 aliphatic rings. The minimum atomic E-state index is -3.46. The molecule has 5 nitrogen and oxygen atoms in total. The zero-order valence-corrected chi connectivity index (χ0v) is 13.2. The van der Waals surface area contributed by atoms with Crippen molar-refractivity contribution in [3.8, 4) is 0 Å². The van der Waals surface area contributed by atoms with E-state index in [1.54, 1.807) is 12.1 Å². The van der Waals surface area contributed by atoms with E-state index in [1.165, 1.54) is 0 Å². The van der Waals surface area contributed by atoms with Crippen molar-refractivity contribution in [3.63, 3.8) is 0 Å². The first-order valence-corrected chi connectivity index (χ1v) is 8.37. The molecule has 114 valence electrons. The molecule has 0 amide bonds. The Hall–Kier alpha value is -0.950. The number of hydrogen-bond acceptors (Lipinski definition) is 4. The summed E-state index contributed by atoms with van der Waals surface area (Å²) in [7, 11) is -3.46. The van der Waals surface area contributed by atoms with Crippen LogP contribution in [0.2, 0.25) is 0 Å². The normalized spacial score (nSPS) is 11.8. The third-order valence-electron chi connectivity index (χ3n) is 2.94. The molecule has 1 rings (SSSR count). The van der Waals surface area contributed by atoms with Crippen LogP contribution in [-0.2, 0) is 21.3 Å². The molecule has 0 fully saturated rings. The number of aryl methyl sites for hydroxylation is 1. The maximum atomic E-state index is 12.1. The number of nitrogens with one attached hydrogen (secondary N) is 2. The van der Waals surface area contributed by atoms with Crippen molar-refractivity contribution < 1.29 is 13.2 Å². The van der Waals surface area contributed by atoms with Gasteiger partial charge in [-0.05, 0) is 43.7 Å². The van der Waals surface area contributed by atoms with Gasteiger partial charge in [-0.25, -0.2) is 13.1 Å². The molecule has 0 heterocycles. The highest BCUT2D eigenvalue weighted by atomic mass is 32.2. The van der Waals surface area contributed by atoms with Crippen molar-refractivity contribution in [1.82, 2.24) is 10.0 Å². The smallest absolute Gasteiger partial charge is 0.240 e. The van der Waals surface area contributed by atoms with Gasteiger partial charge in [0.2, 0.25) is 10.0 Å². The second-order valence-electron chi connectivity index (χ2n) is 4.46. The van der Waals surface area contributed by atoms with Crippen LogP contribution in [0.3, 0.4) is 0 Å². The first-order chi connectivity index (χ1) is 9.51. The Balaban J connectivity index is 2.78. The van der Waals surface area contributed by atoms with E-state index in [-0.39, 0.29) is 6.54 Å². The van der Waals surface area contributed by atoms with Crippen LogP contribution in [0.1, 0.15) is 25.0 Å². The van der Waals surface area contributed by atoms with E-state index in [0.717, 1.165) is 17.7 Å². The van der Waals surface area contributed by atoms with Crippen LogP contribution in [0, 0.1) is 6.92 Å². The SMILES string of the molecule is CCNCc1cc(S(=O)(=O)NCCOCC)ccc1C. The Kier molecular flexibility index (Phi) is 7.15. The Labute approximate surface area is 121 Å². The van der Waals surface area contributed by atoms with Crippen molar-refractivity contribution in [1.29, 1.82) is 0 Å². The van der Waals surface area contributed by atoms with Crippen LogP contribution in [-0.4, -0.2) is 34.7 Å². The maximum absolute atomic E-state index is 12.1. The zero-order chi connectivity index (χ0) is 15.0. The lowest BCUT2D eigenvalue weighted by atomic mass is 10.1. The molecule has 0 spiro atoms. The van der Waals surface area contributed by atoms with E-state index in [4.69, 9.17) is 4.74 Å². The topological polar surface area (TPSA) is 67.4 Å². The summed E-state index contributed by atoms with van der Waals surface area (Å²) in [5, 5.41) is 3.21. The molecule has 1 aromatic carbocycles. The molecule has 6 heteroatoms. The van der Waals surface area contributed by atoms with Gasteiger partial charge in [-0.3, -0.25) is 0 Å². The van der Waals surface area contributed by atoms with E-state index in [0.29, 0.717) is 24.7 Å². The standard InChI is InChI=1S/C14H24N2O3S/c1-4-15-11-13-10-14(7-6-12(13)3)20(17,18)16-8-9-19-5-2/h6-7,10,15-16H,4-5,8-9,11H2,1-3H3. The molecule has 20 heavy (non-hydrogen) atoms. The number of ether oxygens (including phenoxy) is 1. The third-order valence-corrected chi connectivity index (χ3v) is 4.40. The molecule has 0 atom stereocenters. The Morgan fingerprint density at radius 3 is 2.65 bits per heavy atom. The fourth-order valence-electron chi connectivity index (χ4n) is 1.74. The molecule has 0 aliphatic heterocycles. The first-order valence-electron chi connectivity index (χ1n) is 6.89. The second kappa shape index (κ2) is 8.36. The van der Waals surface area contributed by atoms with Crippen LogP contribution in [0.25, 0.3) is 0 Å². The molecule has 0 aliphatic carbocycles. The molecule has 0 bridgehead atoms. The molecule has 0 unspecified atom stereocenters. The van der Waals surface area contributed by atoms with Gasteiger partial charge in [-0.15, -0.1) is 0 Å². The largest absolute Gasteiger partial charge is 0.380 e. The fraction of sp³-hybridized carbons (Fsp3) is 0.571. The molecule has 0 saturated carbocycles. The van der Waals surface area contributed by atoms with Gasteiger partial charge in [-0.2, -0.15) is 0 Å². The Bertz CT molecular complexity index is 515. The highest BCUT2D eigenvalue weighted by Gasteiger charge is 2.14. The van der Waals surface area contributed by atoms with Crippen molar-refractivity contribution in [3.05, 3.63) is 29.3 Å². The Morgan fingerprint density at radius 1 is 1.25 bits per heavy atom. The monoisotopic (exact) mass is 300 g/mol. The summed E-state index contributed by atoms with van der Waals surface area (Å²) in [5.41, 5.74) is 2.08. The summed E-state index contributed by atoms with van der Waals surface area (Å²) >= 11 is 0. The predicted molar refractivity (Wildman–Crippen MR) is 80.2 cm³/mol. The lowest BCUT2D eigenvalue weighted by Gasteiger charge is -2.11. The van der Waals surface area contributed by atoms with Crippen molar-refractivity contribution in [2.45, 2.75) is 32.2 Å². The summed E-state index contributed by atoms with van der Waals surface area (Å²) in [6, 6.07) is 5.19. The maximum Gasteiger partial charge on any atom is 0.240 e. The van der Waals surface area contributed by atoms with Gasteiger partial charge >= 0.3 is 0 Å². The van der Waals surface area contributed by atoms with Gasteiger partial charge < -0.3 is 10.1 Å². The number of sulfonamides is 1. The van der Waals surface area contributed by atoms with Crippen molar-refractivity contribution in [2.75, 3.05) is 26.3 Å². The van der Waals surface area contributed by atoms with Crippen LogP contribution < -0.4 is 10.0 Å². The van der Waals surface area contributed by atoms with Crippen LogP contribution in [0.15, 0.2) is 23.1 Å². The predicted octanol–water partition coefficient (Wildman–Crippen LogP) is 1.42. The quantitative estimate of drug-likeness (QED) is 0.677. The van der Waals surface area contributed by atoms with E-state index >= 15 is 0 Å². The number of hydrogen-bond donors (Lipinski definition) is 2. The summed E-state index contributed by atoms with van der Waals surface area (Å²) in [6.45, 7) is 8.64. The van der Waals surface area contributed by atoms with Gasteiger partial charge in [0, 0.05) is 19.7 Å². The molecule has 0 radical (unpaired) electrons. The highest BCUT2D eigenvalue weighted by Crippen LogP contribution is 2.15.